The molecule has 106 valence electrons. The summed E-state index contributed by atoms with van der Waals surface area (Å²) in [6.45, 7) is 4.17. The summed E-state index contributed by atoms with van der Waals surface area (Å²) in [6.07, 6.45) is 1.16. The molecule has 1 aromatic rings. The fraction of sp³-hybridized carbons (Fsp3) is 0.500. The molecule has 0 spiro atoms. The third kappa shape index (κ3) is 6.32. The fourth-order valence-corrected chi connectivity index (χ4v) is 2.59. The molecule has 0 heterocycles. The predicted octanol–water partition coefficient (Wildman–Crippen LogP) is 3.10. The molecule has 0 aromatic heterocycles. The minimum atomic E-state index is -0.457. The van der Waals surface area contributed by atoms with Crippen molar-refractivity contribution in [2.24, 2.45) is 0 Å². The summed E-state index contributed by atoms with van der Waals surface area (Å²) < 4.78 is 0. The highest BCUT2D eigenvalue weighted by molar-refractivity contribution is 8.00. The van der Waals surface area contributed by atoms with Gasteiger partial charge in [0.2, 0.25) is 5.91 Å². The van der Waals surface area contributed by atoms with Gasteiger partial charge in [-0.1, -0.05) is 24.9 Å². The quantitative estimate of drug-likeness (QED) is 0.761. The molecule has 0 aliphatic rings. The van der Waals surface area contributed by atoms with Crippen LogP contribution in [-0.2, 0) is 4.79 Å². The average molecular weight is 302 g/mol. The van der Waals surface area contributed by atoms with Crippen LogP contribution >= 0.6 is 23.4 Å². The molecule has 0 saturated carbocycles. The van der Waals surface area contributed by atoms with Gasteiger partial charge in [0.15, 0.2) is 0 Å². The fourth-order valence-electron chi connectivity index (χ4n) is 1.57. The second-order valence-electron chi connectivity index (χ2n) is 4.40. The number of aliphatic hydroxyl groups excluding tert-OH is 1. The van der Waals surface area contributed by atoms with Gasteiger partial charge in [0, 0.05) is 16.5 Å². The molecular weight excluding hydrogens is 282 g/mol. The number of nitrogens with one attached hydrogen (secondary N) is 1. The molecule has 0 fully saturated rings. The molecule has 0 radical (unpaired) electrons. The van der Waals surface area contributed by atoms with Crippen LogP contribution in [0.4, 0.5) is 0 Å². The number of hydrogen-bond acceptors (Lipinski definition) is 3. The van der Waals surface area contributed by atoms with E-state index >= 15 is 0 Å². The Hall–Kier alpha value is -0.710. The number of rotatable bonds is 7. The van der Waals surface area contributed by atoms with Crippen molar-refractivity contribution in [2.75, 3.05) is 6.54 Å². The smallest absolute Gasteiger partial charge is 0.233 e. The lowest BCUT2D eigenvalue weighted by Gasteiger charge is -2.14. The topological polar surface area (TPSA) is 49.3 Å². The maximum atomic E-state index is 11.9. The molecule has 1 aromatic carbocycles. The van der Waals surface area contributed by atoms with Gasteiger partial charge in [-0.25, -0.2) is 0 Å². The van der Waals surface area contributed by atoms with Crippen molar-refractivity contribution in [1.29, 1.82) is 0 Å². The van der Waals surface area contributed by atoms with E-state index in [-0.39, 0.29) is 11.2 Å². The Kier molecular flexibility index (Phi) is 7.28. The first-order valence-corrected chi connectivity index (χ1v) is 7.66. The van der Waals surface area contributed by atoms with E-state index in [0.29, 0.717) is 18.0 Å². The summed E-state index contributed by atoms with van der Waals surface area (Å²) >= 11 is 7.28. The Bertz CT molecular complexity index is 397. The van der Waals surface area contributed by atoms with Crippen molar-refractivity contribution >= 4 is 29.3 Å². The predicted molar refractivity (Wildman–Crippen MR) is 80.7 cm³/mol. The van der Waals surface area contributed by atoms with Crippen LogP contribution in [0.5, 0.6) is 0 Å². The monoisotopic (exact) mass is 301 g/mol. The Morgan fingerprint density at radius 1 is 1.42 bits per heavy atom. The number of amides is 1. The summed E-state index contributed by atoms with van der Waals surface area (Å²) in [5.41, 5.74) is 0. The molecule has 5 heteroatoms. The van der Waals surface area contributed by atoms with Gasteiger partial charge in [-0.3, -0.25) is 4.79 Å². The standard InChI is InChI=1S/C14H20ClNO2S/c1-3-4-12(17)9-16-14(18)10(2)19-13-7-5-11(15)6-8-13/h5-8,10,12,17H,3-4,9H2,1-2H3,(H,16,18). The van der Waals surface area contributed by atoms with E-state index in [4.69, 9.17) is 11.6 Å². The summed E-state index contributed by atoms with van der Waals surface area (Å²) in [7, 11) is 0. The molecule has 19 heavy (non-hydrogen) atoms. The summed E-state index contributed by atoms with van der Waals surface area (Å²) in [5.74, 6) is -0.0601. The largest absolute Gasteiger partial charge is 0.391 e. The van der Waals surface area contributed by atoms with Crippen LogP contribution in [0, 0.1) is 0 Å². The lowest BCUT2D eigenvalue weighted by Crippen LogP contribution is -2.36. The summed E-state index contributed by atoms with van der Waals surface area (Å²) in [5, 5.41) is 12.8. The highest BCUT2D eigenvalue weighted by Crippen LogP contribution is 2.24. The van der Waals surface area contributed by atoms with Crippen LogP contribution < -0.4 is 5.32 Å². The second-order valence-corrected chi connectivity index (χ2v) is 6.25. The third-order valence-electron chi connectivity index (χ3n) is 2.63. The maximum absolute atomic E-state index is 11.9. The lowest BCUT2D eigenvalue weighted by atomic mass is 10.2. The van der Waals surface area contributed by atoms with Crippen molar-refractivity contribution in [2.45, 2.75) is 42.9 Å². The van der Waals surface area contributed by atoms with Gasteiger partial charge in [-0.2, -0.15) is 0 Å². The number of benzene rings is 1. The zero-order valence-electron chi connectivity index (χ0n) is 11.2. The number of thioether (sulfide) groups is 1. The first kappa shape index (κ1) is 16.3. The lowest BCUT2D eigenvalue weighted by molar-refractivity contribution is -0.120. The molecule has 2 N–H and O–H groups in total. The minimum absolute atomic E-state index is 0.0601. The highest BCUT2D eigenvalue weighted by Gasteiger charge is 2.15. The number of halogens is 1. The number of carbonyl (C=O) groups excluding carboxylic acids is 1. The summed E-state index contributed by atoms with van der Waals surface area (Å²) in [6, 6.07) is 7.39. The Morgan fingerprint density at radius 2 is 2.05 bits per heavy atom. The molecule has 0 saturated heterocycles. The van der Waals surface area contributed by atoms with Gasteiger partial charge in [0.25, 0.3) is 0 Å². The van der Waals surface area contributed by atoms with Gasteiger partial charge < -0.3 is 10.4 Å². The van der Waals surface area contributed by atoms with Gasteiger partial charge in [-0.05, 0) is 37.6 Å². The van der Waals surface area contributed by atoms with E-state index in [1.165, 1.54) is 11.8 Å². The van der Waals surface area contributed by atoms with Crippen LogP contribution in [0.1, 0.15) is 26.7 Å². The number of carbonyl (C=O) groups is 1. The number of hydrogen-bond donors (Lipinski definition) is 2. The maximum Gasteiger partial charge on any atom is 0.233 e. The van der Waals surface area contributed by atoms with Crippen LogP contribution in [0.25, 0.3) is 0 Å². The molecule has 2 unspecified atom stereocenters. The SMILES string of the molecule is CCCC(O)CNC(=O)C(C)Sc1ccc(Cl)cc1. The zero-order chi connectivity index (χ0) is 14.3. The van der Waals surface area contributed by atoms with Crippen LogP contribution in [0.15, 0.2) is 29.2 Å². The Balaban J connectivity index is 2.38. The third-order valence-corrected chi connectivity index (χ3v) is 3.99. The van der Waals surface area contributed by atoms with Gasteiger partial charge in [0.1, 0.15) is 0 Å². The van der Waals surface area contributed by atoms with E-state index in [0.717, 1.165) is 11.3 Å². The molecule has 0 bridgehead atoms. The van der Waals surface area contributed by atoms with Gasteiger partial charge >= 0.3 is 0 Å². The van der Waals surface area contributed by atoms with Crippen molar-refractivity contribution in [3.63, 3.8) is 0 Å². The van der Waals surface area contributed by atoms with Crippen LogP contribution in [0.3, 0.4) is 0 Å². The molecule has 0 aliphatic heterocycles. The molecule has 1 amide bonds. The minimum Gasteiger partial charge on any atom is -0.391 e. The van der Waals surface area contributed by atoms with E-state index in [1.807, 2.05) is 26.0 Å². The van der Waals surface area contributed by atoms with Crippen LogP contribution in [0.2, 0.25) is 5.02 Å². The first-order chi connectivity index (χ1) is 9.02. The second kappa shape index (κ2) is 8.46. The average Bonchev–Trinajstić information content (AvgIpc) is 2.39. The molecule has 1 rings (SSSR count). The van der Waals surface area contributed by atoms with Gasteiger partial charge in [-0.15, -0.1) is 11.8 Å². The Morgan fingerprint density at radius 3 is 2.63 bits per heavy atom. The van der Waals surface area contributed by atoms with E-state index in [2.05, 4.69) is 5.32 Å². The van der Waals surface area contributed by atoms with E-state index in [1.54, 1.807) is 12.1 Å². The van der Waals surface area contributed by atoms with Gasteiger partial charge in [0.05, 0.1) is 11.4 Å². The molecular formula is C14H20ClNO2S. The first-order valence-electron chi connectivity index (χ1n) is 6.41. The van der Waals surface area contributed by atoms with E-state index < -0.39 is 6.10 Å². The Labute approximate surface area is 123 Å². The molecule has 0 aliphatic carbocycles. The zero-order valence-corrected chi connectivity index (χ0v) is 12.8. The summed E-state index contributed by atoms with van der Waals surface area (Å²) in [4.78, 5) is 12.9. The van der Waals surface area contributed by atoms with Crippen LogP contribution in [-0.4, -0.2) is 28.9 Å². The highest BCUT2D eigenvalue weighted by atomic mass is 35.5. The van der Waals surface area contributed by atoms with Crippen molar-refractivity contribution in [3.8, 4) is 0 Å². The van der Waals surface area contributed by atoms with E-state index in [9.17, 15) is 9.90 Å². The van der Waals surface area contributed by atoms with Crippen molar-refractivity contribution < 1.29 is 9.90 Å². The van der Waals surface area contributed by atoms with Crippen molar-refractivity contribution in [1.82, 2.24) is 5.32 Å². The molecule has 2 atom stereocenters. The van der Waals surface area contributed by atoms with Crippen molar-refractivity contribution in [3.05, 3.63) is 29.3 Å². The molecule has 3 nitrogen and oxygen atoms in total. The normalized spacial score (nSPS) is 13.9. The number of aliphatic hydroxyl groups is 1.